The fraction of sp³-hybridized carbons (Fsp3) is 0.769. The molecule has 0 amide bonds. The quantitative estimate of drug-likeness (QED) is 0.823. The van der Waals surface area contributed by atoms with E-state index in [9.17, 15) is 8.42 Å². The van der Waals surface area contributed by atoms with Crippen LogP contribution in [-0.4, -0.2) is 25.7 Å². The van der Waals surface area contributed by atoms with Gasteiger partial charge in [-0.25, -0.2) is 13.1 Å². The van der Waals surface area contributed by atoms with Gasteiger partial charge in [0.05, 0.1) is 0 Å². The van der Waals surface area contributed by atoms with Crippen LogP contribution in [0, 0.1) is 13.8 Å². The molecule has 0 radical (unpaired) electrons. The maximum atomic E-state index is 12.3. The molecule has 1 aliphatic rings. The van der Waals surface area contributed by atoms with E-state index in [4.69, 9.17) is 10.3 Å². The summed E-state index contributed by atoms with van der Waals surface area (Å²) < 4.78 is 32.2. The average molecular weight is 301 g/mol. The Kier molecular flexibility index (Phi) is 4.51. The number of hydrogen-bond donors (Lipinski definition) is 2. The topological polar surface area (TPSA) is 98.2 Å². The maximum absolute atomic E-state index is 12.3. The van der Waals surface area contributed by atoms with E-state index in [0.717, 1.165) is 25.7 Å². The van der Waals surface area contributed by atoms with E-state index in [1.165, 1.54) is 12.8 Å². The standard InChI is InChI=1S/C13H23N3O3S/c1-10-12(11(2)19-16-10)20(17,18)15-9-13(14)7-5-3-4-6-8-13/h15H,3-9,14H2,1-2H3. The van der Waals surface area contributed by atoms with Crippen LogP contribution in [0.2, 0.25) is 0 Å². The van der Waals surface area contributed by atoms with Crippen molar-refractivity contribution in [3.8, 4) is 0 Å². The van der Waals surface area contributed by atoms with Crippen LogP contribution in [0.5, 0.6) is 0 Å². The number of aryl methyl sites for hydroxylation is 2. The molecule has 0 bridgehead atoms. The van der Waals surface area contributed by atoms with Crippen LogP contribution in [0.15, 0.2) is 9.42 Å². The predicted octanol–water partition coefficient (Wildman–Crippen LogP) is 1.62. The van der Waals surface area contributed by atoms with Gasteiger partial charge in [-0.05, 0) is 26.7 Å². The summed E-state index contributed by atoms with van der Waals surface area (Å²) in [7, 11) is -3.61. The van der Waals surface area contributed by atoms with Crippen LogP contribution in [0.25, 0.3) is 0 Å². The van der Waals surface area contributed by atoms with Gasteiger partial charge in [-0.3, -0.25) is 0 Å². The van der Waals surface area contributed by atoms with Crippen LogP contribution in [0.3, 0.4) is 0 Å². The third kappa shape index (κ3) is 3.39. The van der Waals surface area contributed by atoms with Gasteiger partial charge >= 0.3 is 0 Å². The third-order valence-corrected chi connectivity index (χ3v) is 5.59. The first-order valence-corrected chi connectivity index (χ1v) is 8.54. The molecule has 0 unspecified atom stereocenters. The summed E-state index contributed by atoms with van der Waals surface area (Å²) in [5.41, 5.74) is 6.26. The summed E-state index contributed by atoms with van der Waals surface area (Å²) in [6.45, 7) is 3.48. The Morgan fingerprint density at radius 1 is 1.25 bits per heavy atom. The van der Waals surface area contributed by atoms with E-state index in [-0.39, 0.29) is 11.4 Å². The second-order valence-electron chi connectivity index (χ2n) is 5.75. The fourth-order valence-corrected chi connectivity index (χ4v) is 4.24. The molecule has 0 atom stereocenters. The van der Waals surface area contributed by atoms with Crippen molar-refractivity contribution < 1.29 is 12.9 Å². The van der Waals surface area contributed by atoms with Crippen molar-refractivity contribution in [1.29, 1.82) is 0 Å². The first kappa shape index (κ1) is 15.5. The molecular weight excluding hydrogens is 278 g/mol. The van der Waals surface area contributed by atoms with Gasteiger partial charge in [-0.2, -0.15) is 0 Å². The lowest BCUT2D eigenvalue weighted by Gasteiger charge is -2.28. The van der Waals surface area contributed by atoms with Crippen molar-refractivity contribution in [3.05, 3.63) is 11.5 Å². The number of rotatable bonds is 4. The molecule has 0 saturated heterocycles. The highest BCUT2D eigenvalue weighted by Gasteiger charge is 2.30. The van der Waals surface area contributed by atoms with E-state index in [0.29, 0.717) is 11.5 Å². The number of hydrogen-bond acceptors (Lipinski definition) is 5. The minimum absolute atomic E-state index is 0.134. The van der Waals surface area contributed by atoms with Crippen molar-refractivity contribution in [3.63, 3.8) is 0 Å². The van der Waals surface area contributed by atoms with Crippen LogP contribution >= 0.6 is 0 Å². The van der Waals surface area contributed by atoms with Crippen LogP contribution in [-0.2, 0) is 10.0 Å². The summed E-state index contributed by atoms with van der Waals surface area (Å²) in [5.74, 6) is 0.307. The molecule has 1 saturated carbocycles. The summed E-state index contributed by atoms with van der Waals surface area (Å²) in [4.78, 5) is 0.134. The molecule has 7 heteroatoms. The Morgan fingerprint density at radius 3 is 2.35 bits per heavy atom. The molecule has 2 rings (SSSR count). The monoisotopic (exact) mass is 301 g/mol. The van der Waals surface area contributed by atoms with Crippen molar-refractivity contribution in [2.45, 2.75) is 62.8 Å². The normalized spacial score (nSPS) is 19.8. The highest BCUT2D eigenvalue weighted by molar-refractivity contribution is 7.89. The van der Waals surface area contributed by atoms with E-state index < -0.39 is 15.6 Å². The molecule has 3 N–H and O–H groups in total. The Morgan fingerprint density at radius 2 is 1.85 bits per heavy atom. The second kappa shape index (κ2) is 5.83. The van der Waals surface area contributed by atoms with E-state index in [1.54, 1.807) is 13.8 Å². The van der Waals surface area contributed by atoms with Crippen LogP contribution < -0.4 is 10.5 Å². The van der Waals surface area contributed by atoms with E-state index in [2.05, 4.69) is 9.88 Å². The maximum Gasteiger partial charge on any atom is 0.246 e. The molecular formula is C13H23N3O3S. The van der Waals surface area contributed by atoms with Crippen LogP contribution in [0.1, 0.15) is 50.0 Å². The second-order valence-corrected chi connectivity index (χ2v) is 7.46. The number of nitrogens with two attached hydrogens (primary N) is 1. The fourth-order valence-electron chi connectivity index (χ4n) is 2.78. The van der Waals surface area contributed by atoms with Gasteiger partial charge in [0.25, 0.3) is 0 Å². The number of nitrogens with zero attached hydrogens (tertiary/aromatic N) is 1. The SMILES string of the molecule is Cc1noc(C)c1S(=O)(=O)NCC1(N)CCCCCC1. The van der Waals surface area contributed by atoms with E-state index in [1.807, 2.05) is 0 Å². The molecule has 1 heterocycles. The first-order chi connectivity index (χ1) is 9.34. The molecule has 20 heavy (non-hydrogen) atoms. The lowest BCUT2D eigenvalue weighted by Crippen LogP contribution is -2.49. The molecule has 1 fully saturated rings. The van der Waals surface area contributed by atoms with Crippen molar-refractivity contribution in [2.24, 2.45) is 5.73 Å². The zero-order chi connectivity index (χ0) is 14.8. The molecule has 6 nitrogen and oxygen atoms in total. The highest BCUT2D eigenvalue weighted by atomic mass is 32.2. The van der Waals surface area contributed by atoms with Gasteiger partial charge in [0.15, 0.2) is 5.76 Å². The predicted molar refractivity (Wildman–Crippen MR) is 75.8 cm³/mol. The lowest BCUT2D eigenvalue weighted by molar-refractivity contribution is 0.368. The average Bonchev–Trinajstić information content (AvgIpc) is 2.60. The zero-order valence-corrected chi connectivity index (χ0v) is 12.9. The molecule has 1 aliphatic carbocycles. The van der Waals surface area contributed by atoms with Gasteiger partial charge in [-0.1, -0.05) is 30.8 Å². The van der Waals surface area contributed by atoms with Gasteiger partial charge in [0.2, 0.25) is 10.0 Å². The summed E-state index contributed by atoms with van der Waals surface area (Å²) >= 11 is 0. The summed E-state index contributed by atoms with van der Waals surface area (Å²) in [6.07, 6.45) is 6.19. The Bertz CT molecular complexity index is 538. The van der Waals surface area contributed by atoms with Crippen molar-refractivity contribution in [2.75, 3.05) is 6.54 Å². The first-order valence-electron chi connectivity index (χ1n) is 7.05. The molecule has 1 aromatic heterocycles. The van der Waals surface area contributed by atoms with E-state index >= 15 is 0 Å². The highest BCUT2D eigenvalue weighted by Crippen LogP contribution is 2.25. The Labute approximate surface area is 120 Å². The number of nitrogens with one attached hydrogen (secondary N) is 1. The molecule has 1 aromatic rings. The van der Waals surface area contributed by atoms with Crippen molar-refractivity contribution >= 4 is 10.0 Å². The van der Waals surface area contributed by atoms with Gasteiger partial charge in [-0.15, -0.1) is 0 Å². The van der Waals surface area contributed by atoms with Gasteiger partial charge < -0.3 is 10.3 Å². The summed E-state index contributed by atoms with van der Waals surface area (Å²) in [6, 6.07) is 0. The molecule has 0 aliphatic heterocycles. The summed E-state index contributed by atoms with van der Waals surface area (Å²) in [5, 5.41) is 3.68. The minimum atomic E-state index is -3.61. The molecule has 0 aromatic carbocycles. The van der Waals surface area contributed by atoms with Crippen LogP contribution in [0.4, 0.5) is 0 Å². The Balaban J connectivity index is 2.09. The van der Waals surface area contributed by atoms with Crippen molar-refractivity contribution in [1.82, 2.24) is 9.88 Å². The van der Waals surface area contributed by atoms with Gasteiger partial charge in [0, 0.05) is 12.1 Å². The number of sulfonamides is 1. The third-order valence-electron chi connectivity index (χ3n) is 3.95. The molecule has 0 spiro atoms. The number of aromatic nitrogens is 1. The largest absolute Gasteiger partial charge is 0.360 e. The smallest absolute Gasteiger partial charge is 0.246 e. The van der Waals surface area contributed by atoms with Gasteiger partial charge in [0.1, 0.15) is 10.6 Å². The zero-order valence-electron chi connectivity index (χ0n) is 12.1. The minimum Gasteiger partial charge on any atom is -0.360 e. The lowest BCUT2D eigenvalue weighted by atomic mass is 9.92. The molecule has 114 valence electrons. The Hall–Kier alpha value is -0.920.